The van der Waals surface area contributed by atoms with Crippen molar-refractivity contribution in [3.8, 4) is 11.8 Å². The van der Waals surface area contributed by atoms with Gasteiger partial charge in [-0.2, -0.15) is 15.4 Å². The Kier molecular flexibility index (Phi) is 27.9. The number of fused-ring (bicyclic) bond motifs is 1. The van der Waals surface area contributed by atoms with Gasteiger partial charge in [0.15, 0.2) is 12.2 Å². The number of aryl methyl sites for hydroxylation is 1. The Balaban J connectivity index is 1.60. The van der Waals surface area contributed by atoms with Gasteiger partial charge in [0.25, 0.3) is 0 Å². The lowest BCUT2D eigenvalue weighted by atomic mass is 9.92. The van der Waals surface area contributed by atoms with E-state index in [-0.39, 0.29) is 50.0 Å². The average molecular weight is 1030 g/mol. The molecule has 3 heterocycles. The van der Waals surface area contributed by atoms with Crippen molar-refractivity contribution in [1.29, 1.82) is 5.26 Å². The molecule has 0 bridgehead atoms. The van der Waals surface area contributed by atoms with Crippen LogP contribution in [0.25, 0.3) is 5.52 Å². The van der Waals surface area contributed by atoms with Gasteiger partial charge in [0.1, 0.15) is 30.3 Å². The van der Waals surface area contributed by atoms with Gasteiger partial charge in [-0.25, -0.2) is 14.1 Å². The number of carbonyl (C=O) groups is 3. The van der Waals surface area contributed by atoms with Crippen molar-refractivity contribution >= 4 is 31.2 Å². The first-order valence-electron chi connectivity index (χ1n) is 26.8. The van der Waals surface area contributed by atoms with Crippen LogP contribution in [0, 0.1) is 24.2 Å². The minimum atomic E-state index is -4.53. The highest BCUT2D eigenvalue weighted by Gasteiger charge is 2.63. The van der Waals surface area contributed by atoms with Crippen LogP contribution in [0.15, 0.2) is 48.8 Å². The Morgan fingerprint density at radius 1 is 0.792 bits per heavy atom. The Bertz CT molecular complexity index is 2120. The van der Waals surface area contributed by atoms with Crippen LogP contribution in [0.4, 0.5) is 0 Å². The van der Waals surface area contributed by atoms with E-state index in [0.717, 1.165) is 51.4 Å². The van der Waals surface area contributed by atoms with Gasteiger partial charge >= 0.3 is 25.7 Å². The number of aromatic nitrogens is 3. The fourth-order valence-electron chi connectivity index (χ4n) is 8.53. The summed E-state index contributed by atoms with van der Waals surface area (Å²) in [6.07, 6.45) is 16.3. The molecule has 1 N–H and O–H groups in total. The molecule has 0 saturated carbocycles. The maximum Gasteiger partial charge on any atom is 0.459 e. The number of rotatable bonds is 39. The number of ether oxygens (including phenoxy) is 6. The molecule has 4 rings (SSSR count). The monoisotopic (exact) mass is 1030 g/mol. The van der Waals surface area contributed by atoms with E-state index in [1.165, 1.54) is 82.0 Å². The maximum atomic E-state index is 14.8. The largest absolute Gasteiger partial charge is 0.464 e. The number of para-hydroxylation sites is 1. The molecular formula is C54H84N5O12P. The molecule has 0 radical (unpaired) electrons. The number of hydrogen-bond donors (Lipinski definition) is 1. The Hall–Kier alpha value is -4.43. The zero-order valence-corrected chi connectivity index (χ0v) is 44.9. The van der Waals surface area contributed by atoms with Crippen molar-refractivity contribution in [2.45, 2.75) is 200 Å². The summed E-state index contributed by atoms with van der Waals surface area (Å²) in [4.78, 5) is 45.3. The molecular weight excluding hydrogens is 942 g/mol. The normalized spacial score (nSPS) is 18.9. The zero-order chi connectivity index (χ0) is 52.0. The van der Waals surface area contributed by atoms with E-state index in [4.69, 9.17) is 37.5 Å². The van der Waals surface area contributed by atoms with Crippen molar-refractivity contribution in [3.63, 3.8) is 0 Å². The fourth-order valence-corrected chi connectivity index (χ4v) is 10.0. The highest BCUT2D eigenvalue weighted by atomic mass is 31.2. The summed E-state index contributed by atoms with van der Waals surface area (Å²) >= 11 is 0. The van der Waals surface area contributed by atoms with Crippen LogP contribution >= 0.6 is 7.75 Å². The number of carbonyl (C=O) groups excluding carboxylic acids is 3. The number of hydrogen-bond acceptors (Lipinski definition) is 15. The molecule has 1 aliphatic rings. The van der Waals surface area contributed by atoms with Gasteiger partial charge in [-0.3, -0.25) is 18.9 Å². The van der Waals surface area contributed by atoms with Gasteiger partial charge in [0, 0.05) is 13.2 Å². The van der Waals surface area contributed by atoms with Gasteiger partial charge in [-0.1, -0.05) is 149 Å². The third kappa shape index (κ3) is 19.8. The third-order valence-electron chi connectivity index (χ3n) is 13.0. The van der Waals surface area contributed by atoms with Crippen molar-refractivity contribution in [2.75, 3.05) is 39.6 Å². The van der Waals surface area contributed by atoms with Gasteiger partial charge in [0.05, 0.1) is 56.2 Å². The SMILES string of the molecule is CCCCCCCCCCOCCC(=O)O[C@H]1[C@@H](OC(=O)CCOCCCCCCCCCC)[C@](C#N)(c2ccc3c(C)ncnn23)O[C@@H]1COP(=O)(N[C@H](C)C(=O)OCC(CC)CC)Oc1ccccc1. The first-order valence-corrected chi connectivity index (χ1v) is 28.3. The summed E-state index contributed by atoms with van der Waals surface area (Å²) in [6.45, 7) is 12.3. The molecule has 402 valence electrons. The molecule has 1 unspecified atom stereocenters. The molecule has 2 aromatic heterocycles. The van der Waals surface area contributed by atoms with Crippen molar-refractivity contribution < 1.29 is 56.4 Å². The van der Waals surface area contributed by atoms with E-state index in [2.05, 4.69) is 35.1 Å². The van der Waals surface area contributed by atoms with Gasteiger partial charge in [0.2, 0.25) is 5.60 Å². The highest BCUT2D eigenvalue weighted by Crippen LogP contribution is 2.48. The Morgan fingerprint density at radius 2 is 1.36 bits per heavy atom. The van der Waals surface area contributed by atoms with Crippen molar-refractivity contribution in [1.82, 2.24) is 19.7 Å². The maximum absolute atomic E-state index is 14.8. The lowest BCUT2D eigenvalue weighted by molar-refractivity contribution is -0.170. The lowest BCUT2D eigenvalue weighted by Gasteiger charge is -2.28. The molecule has 0 amide bonds. The smallest absolute Gasteiger partial charge is 0.459 e. The standard InChI is InChI=1S/C54H84N5O12P/c1-7-11-13-15-17-19-21-26-34-64-36-32-49(60)68-51-47(39-67-72(63,71-45-28-24-23-25-29-45)58-43(6)53(62)66-38-44(9-3)10-4)70-54(40-55,48-31-30-46-42(5)56-41-57-59(46)48)52(51)69-50(61)33-37-65-35-27-22-20-18-16-14-12-8-2/h23-25,28-31,41,43-44,47,51-52H,7-22,26-27,32-39H2,1-6H3,(H,58,63)/t43-,47-,51-,52-,54+,72?/m1/s1. The van der Waals surface area contributed by atoms with Crippen LogP contribution in [0.1, 0.15) is 174 Å². The summed E-state index contributed by atoms with van der Waals surface area (Å²) in [7, 11) is -4.53. The molecule has 1 aliphatic heterocycles. The van der Waals surface area contributed by atoms with Crippen molar-refractivity contribution in [2.24, 2.45) is 5.92 Å². The molecule has 17 nitrogen and oxygen atoms in total. The van der Waals surface area contributed by atoms with Crippen LogP contribution in [0.5, 0.6) is 5.75 Å². The number of nitrogens with zero attached hydrogens (tertiary/aromatic N) is 4. The third-order valence-corrected chi connectivity index (χ3v) is 14.6. The number of unbranched alkanes of at least 4 members (excludes halogenated alkanes) is 14. The summed E-state index contributed by atoms with van der Waals surface area (Å²) in [5.74, 6) is -1.83. The van der Waals surface area contributed by atoms with Crippen LogP contribution in [0.3, 0.4) is 0 Å². The average Bonchev–Trinajstić information content (AvgIpc) is 3.94. The molecule has 3 aromatic rings. The van der Waals surface area contributed by atoms with E-state index in [9.17, 15) is 24.2 Å². The summed E-state index contributed by atoms with van der Waals surface area (Å²) in [5, 5.41) is 18.4. The second-order valence-electron chi connectivity index (χ2n) is 18.8. The second kappa shape index (κ2) is 33.4. The molecule has 0 aliphatic carbocycles. The van der Waals surface area contributed by atoms with Crippen LogP contribution in [-0.4, -0.2) is 96.5 Å². The first-order chi connectivity index (χ1) is 34.9. The van der Waals surface area contributed by atoms with Gasteiger partial charge in [-0.05, 0) is 56.9 Å². The number of nitriles is 1. The molecule has 6 atom stereocenters. The number of esters is 3. The van der Waals surface area contributed by atoms with Gasteiger partial charge in [-0.15, -0.1) is 0 Å². The summed E-state index contributed by atoms with van der Waals surface area (Å²) in [6, 6.07) is 12.6. The molecule has 18 heteroatoms. The Labute approximate surface area is 428 Å². The zero-order valence-electron chi connectivity index (χ0n) is 44.0. The second-order valence-corrected chi connectivity index (χ2v) is 20.5. The summed E-state index contributed by atoms with van der Waals surface area (Å²) in [5.41, 5.74) is -0.877. The van der Waals surface area contributed by atoms with E-state index in [1.807, 2.05) is 13.8 Å². The minimum Gasteiger partial charge on any atom is -0.464 e. The predicted molar refractivity (Wildman–Crippen MR) is 274 cm³/mol. The molecule has 72 heavy (non-hydrogen) atoms. The topological polar surface area (TPSA) is 208 Å². The number of benzene rings is 1. The van der Waals surface area contributed by atoms with Crippen LogP contribution in [-0.2, 0) is 57.5 Å². The van der Waals surface area contributed by atoms with E-state index < -0.39 is 62.2 Å². The van der Waals surface area contributed by atoms with Crippen LogP contribution < -0.4 is 9.61 Å². The van der Waals surface area contributed by atoms with E-state index in [1.54, 1.807) is 49.4 Å². The fraction of sp³-hybridized carbons (Fsp3) is 0.704. The van der Waals surface area contributed by atoms with Gasteiger partial charge < -0.3 is 32.9 Å². The van der Waals surface area contributed by atoms with Crippen LogP contribution in [0.2, 0.25) is 0 Å². The lowest BCUT2D eigenvalue weighted by Crippen LogP contribution is -2.46. The number of nitrogens with one attached hydrogen (secondary N) is 1. The summed E-state index contributed by atoms with van der Waals surface area (Å²) < 4.78 is 64.6. The molecule has 1 aromatic carbocycles. The van der Waals surface area contributed by atoms with E-state index >= 15 is 0 Å². The Morgan fingerprint density at radius 3 is 1.93 bits per heavy atom. The quantitative estimate of drug-likeness (QED) is 0.0244. The highest BCUT2D eigenvalue weighted by molar-refractivity contribution is 7.52. The van der Waals surface area contributed by atoms with E-state index in [0.29, 0.717) is 24.4 Å². The predicted octanol–water partition coefficient (Wildman–Crippen LogP) is 11.2. The first kappa shape index (κ1) is 60.1. The molecule has 1 fully saturated rings. The van der Waals surface area contributed by atoms with Crippen molar-refractivity contribution in [3.05, 3.63) is 60.2 Å². The molecule has 0 spiro atoms. The molecule has 1 saturated heterocycles. The minimum absolute atomic E-state index is 0.0555.